The third-order valence-corrected chi connectivity index (χ3v) is 1.98. The lowest BCUT2D eigenvalue weighted by atomic mass is 10.0. The molecule has 4 heteroatoms. The van der Waals surface area contributed by atoms with E-state index in [0.29, 0.717) is 6.04 Å². The maximum absolute atomic E-state index is 12.3. The first kappa shape index (κ1) is 9.42. The first-order chi connectivity index (χ1) is 5.36. The van der Waals surface area contributed by atoms with Crippen molar-refractivity contribution in [2.75, 3.05) is 6.54 Å². The highest BCUT2D eigenvalue weighted by Crippen LogP contribution is 2.21. The molecular weight excluding hydrogens is 179 g/mol. The highest BCUT2D eigenvalue weighted by Gasteiger charge is 2.18. The Balaban J connectivity index is 0.000000720. The summed E-state index contributed by atoms with van der Waals surface area (Å²) in [5.74, 6) is -0.409. The molecule has 0 saturated carbocycles. The van der Waals surface area contributed by atoms with E-state index in [0.717, 1.165) is 18.5 Å². The SMILES string of the molecule is Cl.Fc1ccc(C2CCN2)cn1. The Hall–Kier alpha value is -0.670. The lowest BCUT2D eigenvalue weighted by Crippen LogP contribution is -2.34. The molecule has 1 fully saturated rings. The Kier molecular flexibility index (Phi) is 3.00. The van der Waals surface area contributed by atoms with Crippen LogP contribution in [-0.2, 0) is 0 Å². The zero-order chi connectivity index (χ0) is 7.68. The van der Waals surface area contributed by atoms with Crippen LogP contribution in [0.4, 0.5) is 4.39 Å². The third kappa shape index (κ3) is 1.73. The molecular formula is C8H10ClFN2. The van der Waals surface area contributed by atoms with E-state index in [-0.39, 0.29) is 12.4 Å². The summed E-state index contributed by atoms with van der Waals surface area (Å²) in [5, 5.41) is 3.22. The molecule has 1 atom stereocenters. The molecule has 1 unspecified atom stereocenters. The molecule has 0 spiro atoms. The van der Waals surface area contributed by atoms with Crippen LogP contribution in [0.25, 0.3) is 0 Å². The van der Waals surface area contributed by atoms with Crippen LogP contribution in [0.1, 0.15) is 18.0 Å². The third-order valence-electron chi connectivity index (χ3n) is 1.98. The zero-order valence-corrected chi connectivity index (χ0v) is 7.27. The molecule has 1 aliphatic rings. The van der Waals surface area contributed by atoms with Gasteiger partial charge in [0.25, 0.3) is 0 Å². The molecule has 1 aromatic rings. The average Bonchev–Trinajstić information content (AvgIpc) is 1.90. The van der Waals surface area contributed by atoms with Crippen molar-refractivity contribution < 1.29 is 4.39 Å². The van der Waals surface area contributed by atoms with Crippen molar-refractivity contribution in [3.05, 3.63) is 29.8 Å². The number of hydrogen-bond acceptors (Lipinski definition) is 2. The fraction of sp³-hybridized carbons (Fsp3) is 0.375. The summed E-state index contributed by atoms with van der Waals surface area (Å²) in [7, 11) is 0. The smallest absolute Gasteiger partial charge is 0.212 e. The van der Waals surface area contributed by atoms with E-state index in [4.69, 9.17) is 0 Å². The Bertz CT molecular complexity index is 246. The lowest BCUT2D eigenvalue weighted by molar-refractivity contribution is 0.381. The van der Waals surface area contributed by atoms with Gasteiger partial charge < -0.3 is 5.32 Å². The van der Waals surface area contributed by atoms with Crippen molar-refractivity contribution in [2.45, 2.75) is 12.5 Å². The zero-order valence-electron chi connectivity index (χ0n) is 6.46. The quantitative estimate of drug-likeness (QED) is 0.679. The maximum atomic E-state index is 12.3. The van der Waals surface area contributed by atoms with E-state index < -0.39 is 5.95 Å². The van der Waals surface area contributed by atoms with E-state index in [1.54, 1.807) is 12.3 Å². The predicted octanol–water partition coefficient (Wildman–Crippen LogP) is 1.68. The van der Waals surface area contributed by atoms with Crippen LogP contribution in [0.5, 0.6) is 0 Å². The standard InChI is InChI=1S/C8H9FN2.ClH/c9-8-2-1-6(5-11-8)7-3-4-10-7;/h1-2,5,7,10H,3-4H2;1H. The fourth-order valence-electron chi connectivity index (χ4n) is 1.17. The lowest BCUT2D eigenvalue weighted by Gasteiger charge is -2.27. The van der Waals surface area contributed by atoms with Gasteiger partial charge in [0.15, 0.2) is 0 Å². The molecule has 0 aliphatic carbocycles. The second-order valence-corrected chi connectivity index (χ2v) is 2.71. The highest BCUT2D eigenvalue weighted by molar-refractivity contribution is 5.85. The molecule has 1 saturated heterocycles. The minimum absolute atomic E-state index is 0. The van der Waals surface area contributed by atoms with Gasteiger partial charge in [-0.05, 0) is 24.6 Å². The summed E-state index contributed by atoms with van der Waals surface area (Å²) < 4.78 is 12.3. The summed E-state index contributed by atoms with van der Waals surface area (Å²) in [5.41, 5.74) is 1.08. The first-order valence-corrected chi connectivity index (χ1v) is 3.71. The monoisotopic (exact) mass is 188 g/mol. The van der Waals surface area contributed by atoms with Gasteiger partial charge in [0.05, 0.1) is 0 Å². The Labute approximate surface area is 76.6 Å². The molecule has 0 amide bonds. The van der Waals surface area contributed by atoms with E-state index in [1.807, 2.05) is 0 Å². The van der Waals surface area contributed by atoms with E-state index in [9.17, 15) is 4.39 Å². The van der Waals surface area contributed by atoms with Crippen LogP contribution in [0.2, 0.25) is 0 Å². The van der Waals surface area contributed by atoms with Gasteiger partial charge in [-0.25, -0.2) is 4.98 Å². The number of rotatable bonds is 1. The molecule has 1 N–H and O–H groups in total. The van der Waals surface area contributed by atoms with Crippen LogP contribution >= 0.6 is 12.4 Å². The molecule has 2 heterocycles. The van der Waals surface area contributed by atoms with Gasteiger partial charge in [-0.15, -0.1) is 12.4 Å². The number of aromatic nitrogens is 1. The van der Waals surface area contributed by atoms with Gasteiger partial charge in [0.2, 0.25) is 5.95 Å². The summed E-state index contributed by atoms with van der Waals surface area (Å²) in [6.07, 6.45) is 2.72. The predicted molar refractivity (Wildman–Crippen MR) is 46.8 cm³/mol. The number of nitrogens with one attached hydrogen (secondary N) is 1. The molecule has 2 nitrogen and oxygen atoms in total. The Morgan fingerprint density at radius 3 is 2.67 bits per heavy atom. The van der Waals surface area contributed by atoms with Crippen LogP contribution in [-0.4, -0.2) is 11.5 Å². The number of halogens is 2. The number of hydrogen-bond donors (Lipinski definition) is 1. The van der Waals surface area contributed by atoms with Gasteiger partial charge in [-0.1, -0.05) is 6.07 Å². The maximum Gasteiger partial charge on any atom is 0.212 e. The molecule has 1 aliphatic heterocycles. The number of nitrogens with zero attached hydrogens (tertiary/aromatic N) is 1. The van der Waals surface area contributed by atoms with Crippen molar-refractivity contribution >= 4 is 12.4 Å². The molecule has 0 aromatic carbocycles. The van der Waals surface area contributed by atoms with Crippen molar-refractivity contribution in [2.24, 2.45) is 0 Å². The Morgan fingerprint density at radius 1 is 1.50 bits per heavy atom. The second-order valence-electron chi connectivity index (χ2n) is 2.71. The molecule has 2 rings (SSSR count). The fourth-order valence-corrected chi connectivity index (χ4v) is 1.17. The van der Waals surface area contributed by atoms with Gasteiger partial charge in [0, 0.05) is 12.2 Å². The molecule has 0 radical (unpaired) electrons. The highest BCUT2D eigenvalue weighted by atomic mass is 35.5. The van der Waals surface area contributed by atoms with Crippen molar-refractivity contribution in [3.63, 3.8) is 0 Å². The van der Waals surface area contributed by atoms with Gasteiger partial charge in [0.1, 0.15) is 0 Å². The summed E-state index contributed by atoms with van der Waals surface area (Å²) in [6.45, 7) is 1.06. The van der Waals surface area contributed by atoms with Gasteiger partial charge >= 0.3 is 0 Å². The van der Waals surface area contributed by atoms with Gasteiger partial charge in [-0.2, -0.15) is 4.39 Å². The molecule has 1 aromatic heterocycles. The summed E-state index contributed by atoms with van der Waals surface area (Å²) in [6, 6.07) is 3.58. The van der Waals surface area contributed by atoms with Crippen LogP contribution in [0.3, 0.4) is 0 Å². The van der Waals surface area contributed by atoms with Crippen molar-refractivity contribution in [3.8, 4) is 0 Å². The molecule has 0 bridgehead atoms. The van der Waals surface area contributed by atoms with Crippen LogP contribution < -0.4 is 5.32 Å². The minimum atomic E-state index is -0.409. The van der Waals surface area contributed by atoms with E-state index in [1.165, 1.54) is 6.07 Å². The summed E-state index contributed by atoms with van der Waals surface area (Å²) >= 11 is 0. The normalized spacial score (nSPS) is 20.9. The van der Waals surface area contributed by atoms with Crippen LogP contribution in [0.15, 0.2) is 18.3 Å². The number of pyridine rings is 1. The van der Waals surface area contributed by atoms with E-state index in [2.05, 4.69) is 10.3 Å². The molecule has 12 heavy (non-hydrogen) atoms. The topological polar surface area (TPSA) is 24.9 Å². The second kappa shape index (κ2) is 3.83. The molecule has 66 valence electrons. The van der Waals surface area contributed by atoms with Crippen molar-refractivity contribution in [1.29, 1.82) is 0 Å². The van der Waals surface area contributed by atoms with Crippen LogP contribution in [0, 0.1) is 5.95 Å². The largest absolute Gasteiger partial charge is 0.310 e. The van der Waals surface area contributed by atoms with Gasteiger partial charge in [-0.3, -0.25) is 0 Å². The van der Waals surface area contributed by atoms with Crippen molar-refractivity contribution in [1.82, 2.24) is 10.3 Å². The first-order valence-electron chi connectivity index (χ1n) is 3.71. The Morgan fingerprint density at radius 2 is 2.25 bits per heavy atom. The average molecular weight is 189 g/mol. The summed E-state index contributed by atoms with van der Waals surface area (Å²) in [4.78, 5) is 3.58. The van der Waals surface area contributed by atoms with E-state index >= 15 is 0 Å². The minimum Gasteiger partial charge on any atom is -0.310 e.